The molecule has 9 heteroatoms. The average Bonchev–Trinajstić information content (AvgIpc) is 2.92. The van der Waals surface area contributed by atoms with Crippen LogP contribution < -0.4 is 4.90 Å². The lowest BCUT2D eigenvalue weighted by atomic mass is 10.3. The molecule has 3 heterocycles. The molecule has 0 N–H and O–H groups in total. The van der Waals surface area contributed by atoms with Gasteiger partial charge in [-0.05, 0) is 13.0 Å². The van der Waals surface area contributed by atoms with E-state index in [1.807, 2.05) is 13.0 Å². The summed E-state index contributed by atoms with van der Waals surface area (Å²) in [5.74, 6) is 0.904. The minimum atomic E-state index is -4.45. The number of hydrogen-bond donors (Lipinski definition) is 0. The van der Waals surface area contributed by atoms with Crippen molar-refractivity contribution >= 4 is 5.95 Å². The highest BCUT2D eigenvalue weighted by Crippen LogP contribution is 2.28. The summed E-state index contributed by atoms with van der Waals surface area (Å²) in [7, 11) is 0. The fourth-order valence-corrected chi connectivity index (χ4v) is 2.48. The van der Waals surface area contributed by atoms with Crippen molar-refractivity contribution in [2.45, 2.75) is 19.6 Å². The van der Waals surface area contributed by atoms with Crippen LogP contribution in [0.1, 0.15) is 17.1 Å². The van der Waals surface area contributed by atoms with Crippen LogP contribution in [0.15, 0.2) is 22.9 Å². The number of hydrogen-bond acceptors (Lipinski definition) is 6. The first kappa shape index (κ1) is 15.7. The number of aromatic nitrogens is 3. The van der Waals surface area contributed by atoms with E-state index in [1.165, 1.54) is 0 Å². The zero-order valence-corrected chi connectivity index (χ0v) is 12.5. The number of alkyl halides is 3. The number of rotatable bonds is 3. The molecule has 2 aromatic heterocycles. The average molecular weight is 327 g/mol. The summed E-state index contributed by atoms with van der Waals surface area (Å²) in [5, 5.41) is 3.84. The molecule has 23 heavy (non-hydrogen) atoms. The number of nitrogens with zero attached hydrogens (tertiary/aromatic N) is 5. The van der Waals surface area contributed by atoms with E-state index < -0.39 is 11.9 Å². The van der Waals surface area contributed by atoms with Crippen molar-refractivity contribution in [1.82, 2.24) is 20.0 Å². The summed E-state index contributed by atoms with van der Waals surface area (Å²) in [6, 6.07) is 2.76. The smallest absolute Gasteiger partial charge is 0.360 e. The number of piperazine rings is 1. The second-order valence-electron chi connectivity index (χ2n) is 5.44. The molecule has 124 valence electrons. The molecular formula is C14H16F3N5O. The van der Waals surface area contributed by atoms with Gasteiger partial charge in [-0.3, -0.25) is 4.90 Å². The van der Waals surface area contributed by atoms with Crippen molar-refractivity contribution in [3.8, 4) is 0 Å². The summed E-state index contributed by atoms with van der Waals surface area (Å²) < 4.78 is 43.3. The Morgan fingerprint density at radius 2 is 1.96 bits per heavy atom. The van der Waals surface area contributed by atoms with E-state index in [9.17, 15) is 13.2 Å². The second-order valence-corrected chi connectivity index (χ2v) is 5.44. The van der Waals surface area contributed by atoms with Crippen molar-refractivity contribution < 1.29 is 17.7 Å². The molecule has 0 amide bonds. The summed E-state index contributed by atoms with van der Waals surface area (Å²) in [4.78, 5) is 11.5. The Morgan fingerprint density at radius 3 is 2.57 bits per heavy atom. The Hall–Kier alpha value is -2.16. The maximum atomic E-state index is 12.7. The van der Waals surface area contributed by atoms with Crippen LogP contribution in [-0.4, -0.2) is 46.2 Å². The molecule has 0 unspecified atom stereocenters. The van der Waals surface area contributed by atoms with E-state index in [2.05, 4.69) is 20.0 Å². The van der Waals surface area contributed by atoms with E-state index in [4.69, 9.17) is 4.52 Å². The molecule has 0 bridgehead atoms. The van der Waals surface area contributed by atoms with Crippen LogP contribution in [-0.2, 0) is 12.7 Å². The van der Waals surface area contributed by atoms with Gasteiger partial charge in [-0.25, -0.2) is 9.97 Å². The van der Waals surface area contributed by atoms with E-state index in [0.29, 0.717) is 32.7 Å². The third-order valence-electron chi connectivity index (χ3n) is 3.64. The minimum absolute atomic E-state index is 0.120. The Bertz CT molecular complexity index is 664. The zero-order valence-electron chi connectivity index (χ0n) is 12.5. The predicted molar refractivity (Wildman–Crippen MR) is 75.8 cm³/mol. The van der Waals surface area contributed by atoms with Crippen LogP contribution in [0.3, 0.4) is 0 Å². The zero-order chi connectivity index (χ0) is 16.4. The third kappa shape index (κ3) is 3.79. The Morgan fingerprint density at radius 1 is 1.22 bits per heavy atom. The summed E-state index contributed by atoms with van der Waals surface area (Å²) >= 11 is 0. The molecule has 0 radical (unpaired) electrons. The monoisotopic (exact) mass is 327 g/mol. The second kappa shape index (κ2) is 6.15. The van der Waals surface area contributed by atoms with Gasteiger partial charge in [0.15, 0.2) is 5.76 Å². The van der Waals surface area contributed by atoms with Gasteiger partial charge in [0.1, 0.15) is 5.69 Å². The van der Waals surface area contributed by atoms with Crippen molar-refractivity contribution in [3.05, 3.63) is 35.5 Å². The molecule has 0 spiro atoms. The number of halogens is 3. The molecular weight excluding hydrogens is 311 g/mol. The van der Waals surface area contributed by atoms with E-state index in [-0.39, 0.29) is 5.95 Å². The summed E-state index contributed by atoms with van der Waals surface area (Å²) in [5.41, 5.74) is -0.0851. The number of anilines is 1. The van der Waals surface area contributed by atoms with Gasteiger partial charge in [-0.2, -0.15) is 13.2 Å². The summed E-state index contributed by atoms with van der Waals surface area (Å²) in [6.45, 7) is 5.01. The predicted octanol–water partition coefficient (Wildman–Crippen LogP) is 2.11. The summed E-state index contributed by atoms with van der Waals surface area (Å²) in [6.07, 6.45) is -3.31. The van der Waals surface area contributed by atoms with E-state index in [1.54, 1.807) is 4.90 Å². The lowest BCUT2D eigenvalue weighted by Crippen LogP contribution is -2.46. The van der Waals surface area contributed by atoms with Crippen molar-refractivity contribution in [3.63, 3.8) is 0 Å². The standard InChI is InChI=1S/C14H16F3N5O/c1-10-8-11(23-20-10)9-21-4-6-22(7-5-21)13-18-3-2-12(19-13)14(15,16)17/h2-3,8H,4-7,9H2,1H3. The van der Waals surface area contributed by atoms with E-state index >= 15 is 0 Å². The highest BCUT2D eigenvalue weighted by molar-refractivity contribution is 5.31. The molecule has 0 aromatic carbocycles. The molecule has 1 aliphatic rings. The molecule has 0 saturated carbocycles. The van der Waals surface area contributed by atoms with Crippen LogP contribution in [0.2, 0.25) is 0 Å². The van der Waals surface area contributed by atoms with E-state index in [0.717, 1.165) is 23.7 Å². The first-order chi connectivity index (χ1) is 10.9. The fraction of sp³-hybridized carbons (Fsp3) is 0.500. The van der Waals surface area contributed by atoms with Gasteiger partial charge in [0.2, 0.25) is 5.95 Å². The molecule has 1 saturated heterocycles. The molecule has 0 atom stereocenters. The van der Waals surface area contributed by atoms with Crippen molar-refractivity contribution in [2.75, 3.05) is 31.1 Å². The highest BCUT2D eigenvalue weighted by atomic mass is 19.4. The van der Waals surface area contributed by atoms with Gasteiger partial charge in [0, 0.05) is 38.4 Å². The SMILES string of the molecule is Cc1cc(CN2CCN(c3nccc(C(F)(F)F)n3)CC2)on1. The third-order valence-corrected chi connectivity index (χ3v) is 3.64. The van der Waals surface area contributed by atoms with Gasteiger partial charge < -0.3 is 9.42 Å². The first-order valence-corrected chi connectivity index (χ1v) is 7.21. The van der Waals surface area contributed by atoms with Crippen molar-refractivity contribution in [1.29, 1.82) is 0 Å². The molecule has 2 aromatic rings. The van der Waals surface area contributed by atoms with Crippen LogP contribution >= 0.6 is 0 Å². The largest absolute Gasteiger partial charge is 0.433 e. The Labute approximate surface area is 130 Å². The minimum Gasteiger partial charge on any atom is -0.360 e. The van der Waals surface area contributed by atoms with Crippen LogP contribution in [0.5, 0.6) is 0 Å². The van der Waals surface area contributed by atoms with Crippen LogP contribution in [0.4, 0.5) is 19.1 Å². The number of aryl methyl sites for hydroxylation is 1. The van der Waals surface area contributed by atoms with Gasteiger partial charge in [0.25, 0.3) is 0 Å². The molecule has 0 aliphatic carbocycles. The maximum absolute atomic E-state index is 12.7. The van der Waals surface area contributed by atoms with Crippen LogP contribution in [0.25, 0.3) is 0 Å². The fourth-order valence-electron chi connectivity index (χ4n) is 2.48. The quantitative estimate of drug-likeness (QED) is 0.861. The molecule has 1 aliphatic heterocycles. The van der Waals surface area contributed by atoms with Gasteiger partial charge in [-0.1, -0.05) is 5.16 Å². The topological polar surface area (TPSA) is 58.3 Å². The van der Waals surface area contributed by atoms with Gasteiger partial charge in [0.05, 0.1) is 12.2 Å². The first-order valence-electron chi connectivity index (χ1n) is 7.21. The lowest BCUT2D eigenvalue weighted by Gasteiger charge is -2.34. The molecule has 6 nitrogen and oxygen atoms in total. The normalized spacial score (nSPS) is 16.8. The highest BCUT2D eigenvalue weighted by Gasteiger charge is 2.33. The Balaban J connectivity index is 1.60. The molecule has 1 fully saturated rings. The van der Waals surface area contributed by atoms with Gasteiger partial charge >= 0.3 is 6.18 Å². The lowest BCUT2D eigenvalue weighted by molar-refractivity contribution is -0.141. The Kier molecular flexibility index (Phi) is 4.20. The maximum Gasteiger partial charge on any atom is 0.433 e. The van der Waals surface area contributed by atoms with Gasteiger partial charge in [-0.15, -0.1) is 0 Å². The van der Waals surface area contributed by atoms with Crippen molar-refractivity contribution in [2.24, 2.45) is 0 Å². The van der Waals surface area contributed by atoms with Crippen LogP contribution in [0, 0.1) is 6.92 Å². The molecule has 3 rings (SSSR count).